The number of nitrogens with one attached hydrogen (secondary N) is 1. The first-order valence-electron chi connectivity index (χ1n) is 8.85. The predicted octanol–water partition coefficient (Wildman–Crippen LogP) is 4.11. The van der Waals surface area contributed by atoms with E-state index in [1.807, 2.05) is 71.3 Å². The molecule has 1 N–H and O–H groups in total. The van der Waals surface area contributed by atoms with Gasteiger partial charge in [-0.05, 0) is 47.4 Å². The van der Waals surface area contributed by atoms with E-state index in [-0.39, 0.29) is 11.9 Å². The number of carbonyl (C=O) groups excluding carboxylic acids is 1. The van der Waals surface area contributed by atoms with E-state index in [4.69, 9.17) is 0 Å². The average Bonchev–Trinajstić information content (AvgIpc) is 3.14. The minimum atomic E-state index is -0.207. The quantitative estimate of drug-likeness (QED) is 0.550. The van der Waals surface area contributed by atoms with E-state index in [9.17, 15) is 4.79 Å². The molecule has 0 aliphatic rings. The SMILES string of the molecule is CSCCC(NC(=O)c1cccc2ccccc12)c1nnc2ccccn12. The highest BCUT2D eigenvalue weighted by Gasteiger charge is 2.21. The van der Waals surface area contributed by atoms with Crippen molar-refractivity contribution in [2.45, 2.75) is 12.5 Å². The molecule has 0 bridgehead atoms. The highest BCUT2D eigenvalue weighted by atomic mass is 32.2. The topological polar surface area (TPSA) is 59.3 Å². The van der Waals surface area contributed by atoms with Gasteiger partial charge in [0, 0.05) is 11.8 Å². The Bertz CT molecular complexity index is 1090. The first kappa shape index (κ1) is 17.5. The van der Waals surface area contributed by atoms with Crippen LogP contribution in [0.2, 0.25) is 0 Å². The van der Waals surface area contributed by atoms with Gasteiger partial charge >= 0.3 is 0 Å². The monoisotopic (exact) mass is 376 g/mol. The number of thioether (sulfide) groups is 1. The molecule has 1 atom stereocenters. The van der Waals surface area contributed by atoms with Crippen LogP contribution < -0.4 is 5.32 Å². The van der Waals surface area contributed by atoms with Gasteiger partial charge in [-0.2, -0.15) is 11.8 Å². The van der Waals surface area contributed by atoms with Crippen LogP contribution >= 0.6 is 11.8 Å². The second-order valence-electron chi connectivity index (χ2n) is 6.32. The molecule has 2 aromatic carbocycles. The lowest BCUT2D eigenvalue weighted by Crippen LogP contribution is -2.30. The van der Waals surface area contributed by atoms with E-state index in [2.05, 4.69) is 21.8 Å². The maximum absolute atomic E-state index is 13.1. The molecule has 0 aliphatic heterocycles. The molecule has 27 heavy (non-hydrogen) atoms. The van der Waals surface area contributed by atoms with Crippen LogP contribution in [0.4, 0.5) is 0 Å². The number of amides is 1. The lowest BCUT2D eigenvalue weighted by molar-refractivity contribution is 0.0935. The summed E-state index contributed by atoms with van der Waals surface area (Å²) in [4.78, 5) is 13.1. The van der Waals surface area contributed by atoms with Gasteiger partial charge in [0.25, 0.3) is 5.91 Å². The number of benzene rings is 2. The van der Waals surface area contributed by atoms with Crippen molar-refractivity contribution in [2.75, 3.05) is 12.0 Å². The van der Waals surface area contributed by atoms with Crippen molar-refractivity contribution in [1.82, 2.24) is 19.9 Å². The summed E-state index contributed by atoms with van der Waals surface area (Å²) >= 11 is 1.75. The number of pyridine rings is 1. The summed E-state index contributed by atoms with van der Waals surface area (Å²) in [6.07, 6.45) is 4.78. The third kappa shape index (κ3) is 3.53. The molecule has 0 saturated carbocycles. The zero-order valence-corrected chi connectivity index (χ0v) is 15.8. The largest absolute Gasteiger partial charge is 0.342 e. The van der Waals surface area contributed by atoms with Crippen LogP contribution in [0, 0.1) is 0 Å². The van der Waals surface area contributed by atoms with E-state index >= 15 is 0 Å². The fourth-order valence-corrected chi connectivity index (χ4v) is 3.73. The van der Waals surface area contributed by atoms with Gasteiger partial charge in [0.2, 0.25) is 0 Å². The van der Waals surface area contributed by atoms with Gasteiger partial charge in [-0.3, -0.25) is 9.20 Å². The first-order valence-corrected chi connectivity index (χ1v) is 10.2. The van der Waals surface area contributed by atoms with Crippen molar-refractivity contribution >= 4 is 34.1 Å². The van der Waals surface area contributed by atoms with Gasteiger partial charge in [-0.15, -0.1) is 10.2 Å². The van der Waals surface area contributed by atoms with Gasteiger partial charge in [-0.1, -0.05) is 42.5 Å². The number of fused-ring (bicyclic) bond motifs is 2. The maximum atomic E-state index is 13.1. The molecule has 1 unspecified atom stereocenters. The fourth-order valence-electron chi connectivity index (χ4n) is 3.26. The van der Waals surface area contributed by atoms with Crippen molar-refractivity contribution in [2.24, 2.45) is 0 Å². The third-order valence-electron chi connectivity index (χ3n) is 4.60. The van der Waals surface area contributed by atoms with E-state index in [0.717, 1.165) is 34.4 Å². The second-order valence-corrected chi connectivity index (χ2v) is 7.31. The summed E-state index contributed by atoms with van der Waals surface area (Å²) in [5.74, 6) is 1.58. The standard InChI is InChI=1S/C21H20N4OS/c1-27-14-12-18(20-24-23-19-11-4-5-13-25(19)20)22-21(26)17-10-6-8-15-7-2-3-9-16(15)17/h2-11,13,18H,12,14H2,1H3,(H,22,26). The summed E-state index contributed by atoms with van der Waals surface area (Å²) < 4.78 is 1.94. The number of hydrogen-bond donors (Lipinski definition) is 1. The fraction of sp³-hybridized carbons (Fsp3) is 0.190. The summed E-state index contributed by atoms with van der Waals surface area (Å²) in [6, 6.07) is 19.3. The van der Waals surface area contributed by atoms with Gasteiger partial charge in [-0.25, -0.2) is 0 Å². The number of carbonyl (C=O) groups is 1. The Morgan fingerprint density at radius 3 is 2.78 bits per heavy atom. The molecule has 0 saturated heterocycles. The Hall–Kier alpha value is -2.86. The van der Waals surface area contributed by atoms with Crippen molar-refractivity contribution < 1.29 is 4.79 Å². The van der Waals surface area contributed by atoms with Crippen LogP contribution in [0.1, 0.15) is 28.6 Å². The summed E-state index contributed by atoms with van der Waals surface area (Å²) in [6.45, 7) is 0. The van der Waals surface area contributed by atoms with Crippen LogP contribution in [0.15, 0.2) is 66.9 Å². The highest BCUT2D eigenvalue weighted by molar-refractivity contribution is 7.98. The molecule has 136 valence electrons. The Balaban J connectivity index is 1.68. The van der Waals surface area contributed by atoms with Crippen LogP contribution in [-0.2, 0) is 0 Å². The van der Waals surface area contributed by atoms with Crippen LogP contribution in [-0.4, -0.2) is 32.5 Å². The van der Waals surface area contributed by atoms with E-state index < -0.39 is 0 Å². The van der Waals surface area contributed by atoms with Crippen molar-refractivity contribution in [3.8, 4) is 0 Å². The predicted molar refractivity (Wildman–Crippen MR) is 110 cm³/mol. The molecule has 0 radical (unpaired) electrons. The Labute approximate surface area is 161 Å². The van der Waals surface area contributed by atoms with Crippen molar-refractivity contribution in [3.63, 3.8) is 0 Å². The molecule has 1 amide bonds. The Morgan fingerprint density at radius 2 is 1.89 bits per heavy atom. The van der Waals surface area contributed by atoms with E-state index in [1.165, 1.54) is 0 Å². The summed E-state index contributed by atoms with van der Waals surface area (Å²) in [5.41, 5.74) is 1.46. The minimum Gasteiger partial charge on any atom is -0.342 e. The number of aromatic nitrogens is 3. The van der Waals surface area contributed by atoms with Crippen molar-refractivity contribution in [1.29, 1.82) is 0 Å². The Morgan fingerprint density at radius 1 is 1.07 bits per heavy atom. The maximum Gasteiger partial charge on any atom is 0.252 e. The summed E-state index contributed by atoms with van der Waals surface area (Å²) in [5, 5.41) is 13.8. The molecule has 0 aliphatic carbocycles. The molecule has 0 spiro atoms. The normalized spacial score (nSPS) is 12.3. The van der Waals surface area contributed by atoms with Crippen LogP contribution in [0.25, 0.3) is 16.4 Å². The zero-order chi connectivity index (χ0) is 18.6. The smallest absolute Gasteiger partial charge is 0.252 e. The van der Waals surface area contributed by atoms with Crippen LogP contribution in [0.3, 0.4) is 0 Å². The molecule has 0 fully saturated rings. The zero-order valence-electron chi connectivity index (χ0n) is 15.0. The molecule has 4 aromatic rings. The molecule has 2 aromatic heterocycles. The molecule has 6 heteroatoms. The lowest BCUT2D eigenvalue weighted by Gasteiger charge is -2.18. The third-order valence-corrected chi connectivity index (χ3v) is 5.25. The lowest BCUT2D eigenvalue weighted by atomic mass is 10.0. The molecule has 5 nitrogen and oxygen atoms in total. The minimum absolute atomic E-state index is 0.0921. The summed E-state index contributed by atoms with van der Waals surface area (Å²) in [7, 11) is 0. The van der Waals surface area contributed by atoms with E-state index in [0.29, 0.717) is 5.56 Å². The number of hydrogen-bond acceptors (Lipinski definition) is 4. The van der Waals surface area contributed by atoms with Gasteiger partial charge in [0.15, 0.2) is 11.5 Å². The molecule has 4 rings (SSSR count). The molecule has 2 heterocycles. The average molecular weight is 376 g/mol. The van der Waals surface area contributed by atoms with E-state index in [1.54, 1.807) is 11.8 Å². The van der Waals surface area contributed by atoms with Gasteiger partial charge < -0.3 is 5.32 Å². The van der Waals surface area contributed by atoms with Gasteiger partial charge in [0.1, 0.15) is 0 Å². The van der Waals surface area contributed by atoms with Crippen molar-refractivity contribution in [3.05, 3.63) is 78.2 Å². The molecular weight excluding hydrogens is 356 g/mol. The number of nitrogens with zero attached hydrogens (tertiary/aromatic N) is 3. The Kier molecular flexibility index (Phi) is 5.07. The van der Waals surface area contributed by atoms with Crippen LogP contribution in [0.5, 0.6) is 0 Å². The number of rotatable bonds is 6. The second kappa shape index (κ2) is 7.80. The van der Waals surface area contributed by atoms with Gasteiger partial charge in [0.05, 0.1) is 6.04 Å². The highest BCUT2D eigenvalue weighted by Crippen LogP contribution is 2.22. The first-order chi connectivity index (χ1) is 13.3. The molecular formula is C21H20N4OS.